The van der Waals surface area contributed by atoms with Gasteiger partial charge in [0.05, 0.1) is 0 Å². The van der Waals surface area contributed by atoms with Gasteiger partial charge in [0.2, 0.25) is 0 Å². The first-order valence-electron chi connectivity index (χ1n) is 7.33. The molecule has 0 saturated carbocycles. The molecule has 106 valence electrons. The van der Waals surface area contributed by atoms with Gasteiger partial charge in [-0.2, -0.15) is 0 Å². The van der Waals surface area contributed by atoms with Gasteiger partial charge in [-0.1, -0.05) is 32.4 Å². The summed E-state index contributed by atoms with van der Waals surface area (Å²) in [5.41, 5.74) is 7.39. The highest BCUT2D eigenvalue weighted by Gasteiger charge is 2.29. The number of hydrogen-bond donors (Lipinski definition) is 1. The second-order valence-corrected chi connectivity index (χ2v) is 6.05. The van der Waals surface area contributed by atoms with Crippen LogP contribution in [-0.2, 0) is 0 Å². The molecular weight excluding hydrogens is 239 g/mol. The fraction of sp³-hybridized carbons (Fsp3) is 0.625. The molecule has 2 unspecified atom stereocenters. The molecule has 3 heteroatoms. The Morgan fingerprint density at radius 1 is 1.37 bits per heavy atom. The van der Waals surface area contributed by atoms with Gasteiger partial charge in [0.15, 0.2) is 0 Å². The van der Waals surface area contributed by atoms with Crippen molar-refractivity contribution in [2.75, 3.05) is 13.1 Å². The second kappa shape index (κ2) is 6.49. The summed E-state index contributed by atoms with van der Waals surface area (Å²) in [6, 6.07) is 7.19. The minimum Gasteiger partial charge on any atom is -0.326 e. The Morgan fingerprint density at radius 2 is 2.16 bits per heavy atom. The molecule has 1 heterocycles. The highest BCUT2D eigenvalue weighted by Crippen LogP contribution is 2.30. The van der Waals surface area contributed by atoms with Crippen LogP contribution in [0, 0.1) is 11.7 Å². The Bertz CT molecular complexity index is 405. The Kier molecular flexibility index (Phi) is 4.94. The van der Waals surface area contributed by atoms with Crippen LogP contribution in [0.4, 0.5) is 4.39 Å². The zero-order valence-electron chi connectivity index (χ0n) is 12.0. The van der Waals surface area contributed by atoms with Gasteiger partial charge in [-0.3, -0.25) is 4.90 Å². The summed E-state index contributed by atoms with van der Waals surface area (Å²) in [4.78, 5) is 2.44. The minimum atomic E-state index is -0.168. The van der Waals surface area contributed by atoms with Crippen LogP contribution >= 0.6 is 0 Å². The standard InChI is InChI=1S/C16H25FN2/c1-12(2)11-19-9-4-3-8-15(18)16(19)13-6-5-7-14(17)10-13/h5-7,10,12,15-16H,3-4,8-9,11,18H2,1-2H3. The van der Waals surface area contributed by atoms with E-state index in [0.29, 0.717) is 5.92 Å². The summed E-state index contributed by atoms with van der Waals surface area (Å²) in [7, 11) is 0. The van der Waals surface area contributed by atoms with Gasteiger partial charge < -0.3 is 5.73 Å². The molecule has 1 aliphatic rings. The molecule has 0 aliphatic carbocycles. The molecule has 0 radical (unpaired) electrons. The third-order valence-corrected chi connectivity index (χ3v) is 3.82. The molecule has 19 heavy (non-hydrogen) atoms. The first-order valence-corrected chi connectivity index (χ1v) is 7.33. The number of likely N-dealkylation sites (tertiary alicyclic amines) is 1. The smallest absolute Gasteiger partial charge is 0.123 e. The van der Waals surface area contributed by atoms with Crippen molar-refractivity contribution in [2.45, 2.75) is 45.2 Å². The molecule has 1 aromatic rings. The van der Waals surface area contributed by atoms with Crippen molar-refractivity contribution in [2.24, 2.45) is 11.7 Å². The van der Waals surface area contributed by atoms with Crippen LogP contribution in [0.5, 0.6) is 0 Å². The summed E-state index contributed by atoms with van der Waals surface area (Å²) < 4.78 is 13.5. The topological polar surface area (TPSA) is 29.3 Å². The highest BCUT2D eigenvalue weighted by molar-refractivity contribution is 5.22. The molecule has 1 aliphatic heterocycles. The van der Waals surface area contributed by atoms with E-state index < -0.39 is 0 Å². The molecule has 0 amide bonds. The molecule has 1 fully saturated rings. The number of benzene rings is 1. The predicted molar refractivity (Wildman–Crippen MR) is 77.4 cm³/mol. The quantitative estimate of drug-likeness (QED) is 0.907. The average Bonchev–Trinajstić information content (AvgIpc) is 2.50. The largest absolute Gasteiger partial charge is 0.326 e. The van der Waals surface area contributed by atoms with Crippen molar-refractivity contribution in [1.82, 2.24) is 4.90 Å². The zero-order chi connectivity index (χ0) is 13.8. The summed E-state index contributed by atoms with van der Waals surface area (Å²) in [5.74, 6) is 0.430. The highest BCUT2D eigenvalue weighted by atomic mass is 19.1. The lowest BCUT2D eigenvalue weighted by Crippen LogP contribution is -2.41. The van der Waals surface area contributed by atoms with Crippen molar-refractivity contribution >= 4 is 0 Å². The van der Waals surface area contributed by atoms with Crippen LogP contribution < -0.4 is 5.73 Å². The number of rotatable bonds is 3. The molecule has 0 aromatic heterocycles. The van der Waals surface area contributed by atoms with E-state index in [1.165, 1.54) is 18.9 Å². The monoisotopic (exact) mass is 264 g/mol. The fourth-order valence-electron chi connectivity index (χ4n) is 3.09. The molecule has 2 nitrogen and oxygen atoms in total. The van der Waals surface area contributed by atoms with Crippen molar-refractivity contribution < 1.29 is 4.39 Å². The Labute approximate surface area is 115 Å². The van der Waals surface area contributed by atoms with Crippen LogP contribution in [0.2, 0.25) is 0 Å². The summed E-state index contributed by atoms with van der Waals surface area (Å²) in [6.07, 6.45) is 3.38. The van der Waals surface area contributed by atoms with Crippen LogP contribution in [0.15, 0.2) is 24.3 Å². The van der Waals surface area contributed by atoms with Crippen LogP contribution in [0.25, 0.3) is 0 Å². The number of nitrogens with zero attached hydrogens (tertiary/aromatic N) is 1. The molecule has 2 atom stereocenters. The number of halogens is 1. The Hall–Kier alpha value is -0.930. The maximum Gasteiger partial charge on any atom is 0.123 e. The van der Waals surface area contributed by atoms with Crippen LogP contribution in [0.3, 0.4) is 0 Å². The average molecular weight is 264 g/mol. The molecule has 0 spiro atoms. The normalized spacial score (nSPS) is 25.5. The molecule has 1 saturated heterocycles. The van der Waals surface area contributed by atoms with Gasteiger partial charge in [0.25, 0.3) is 0 Å². The number of nitrogens with two attached hydrogens (primary N) is 1. The van der Waals surface area contributed by atoms with E-state index in [2.05, 4.69) is 18.7 Å². The first-order chi connectivity index (χ1) is 9.08. The van der Waals surface area contributed by atoms with Gasteiger partial charge >= 0.3 is 0 Å². The van der Waals surface area contributed by atoms with Gasteiger partial charge in [0, 0.05) is 18.6 Å². The maximum atomic E-state index is 13.5. The lowest BCUT2D eigenvalue weighted by atomic mass is 9.95. The van der Waals surface area contributed by atoms with Crippen LogP contribution in [-0.4, -0.2) is 24.0 Å². The van der Waals surface area contributed by atoms with Crippen molar-refractivity contribution in [3.63, 3.8) is 0 Å². The second-order valence-electron chi connectivity index (χ2n) is 6.05. The lowest BCUT2D eigenvalue weighted by molar-refractivity contribution is 0.165. The van der Waals surface area contributed by atoms with E-state index in [1.54, 1.807) is 12.1 Å². The van der Waals surface area contributed by atoms with Crippen molar-refractivity contribution in [3.8, 4) is 0 Å². The van der Waals surface area contributed by atoms with Gasteiger partial charge in [0.1, 0.15) is 5.82 Å². The third-order valence-electron chi connectivity index (χ3n) is 3.82. The van der Waals surface area contributed by atoms with E-state index in [-0.39, 0.29) is 17.9 Å². The van der Waals surface area contributed by atoms with E-state index in [9.17, 15) is 4.39 Å². The molecular formula is C16H25FN2. The lowest BCUT2D eigenvalue weighted by Gasteiger charge is -2.35. The van der Waals surface area contributed by atoms with Gasteiger partial charge in [-0.15, -0.1) is 0 Å². The van der Waals surface area contributed by atoms with E-state index in [0.717, 1.165) is 25.1 Å². The first kappa shape index (κ1) is 14.5. The minimum absolute atomic E-state index is 0.100. The molecule has 1 aromatic carbocycles. The van der Waals surface area contributed by atoms with E-state index >= 15 is 0 Å². The molecule has 2 N–H and O–H groups in total. The van der Waals surface area contributed by atoms with Crippen molar-refractivity contribution in [1.29, 1.82) is 0 Å². The van der Waals surface area contributed by atoms with E-state index in [1.807, 2.05) is 6.07 Å². The summed E-state index contributed by atoms with van der Waals surface area (Å²) in [5, 5.41) is 0. The Morgan fingerprint density at radius 3 is 2.84 bits per heavy atom. The van der Waals surface area contributed by atoms with E-state index in [4.69, 9.17) is 5.73 Å². The van der Waals surface area contributed by atoms with Gasteiger partial charge in [-0.25, -0.2) is 4.39 Å². The molecule has 0 bridgehead atoms. The number of hydrogen-bond acceptors (Lipinski definition) is 2. The van der Waals surface area contributed by atoms with Crippen molar-refractivity contribution in [3.05, 3.63) is 35.6 Å². The summed E-state index contributed by atoms with van der Waals surface area (Å²) >= 11 is 0. The Balaban J connectivity index is 2.28. The molecule has 2 rings (SSSR count). The predicted octanol–water partition coefficient (Wildman–Crippen LogP) is 3.34. The van der Waals surface area contributed by atoms with Gasteiger partial charge in [-0.05, 0) is 43.0 Å². The SMILES string of the molecule is CC(C)CN1CCCCC(N)C1c1cccc(F)c1. The maximum absolute atomic E-state index is 13.5. The summed E-state index contributed by atoms with van der Waals surface area (Å²) in [6.45, 7) is 6.53. The fourth-order valence-corrected chi connectivity index (χ4v) is 3.09. The third kappa shape index (κ3) is 3.77. The zero-order valence-corrected chi connectivity index (χ0v) is 12.0. The van der Waals surface area contributed by atoms with Crippen LogP contribution in [0.1, 0.15) is 44.7 Å².